The Morgan fingerprint density at radius 1 is 1.40 bits per heavy atom. The van der Waals surface area contributed by atoms with E-state index in [1.807, 2.05) is 0 Å². The highest BCUT2D eigenvalue weighted by Crippen LogP contribution is 2.29. The van der Waals surface area contributed by atoms with Crippen LogP contribution in [0.1, 0.15) is 33.3 Å². The summed E-state index contributed by atoms with van der Waals surface area (Å²) in [5.74, 6) is 0. The first-order valence-corrected chi connectivity index (χ1v) is 8.16. The molecule has 2 atom stereocenters. The van der Waals surface area contributed by atoms with E-state index < -0.39 is 0 Å². The van der Waals surface area contributed by atoms with Crippen molar-refractivity contribution in [1.29, 1.82) is 0 Å². The summed E-state index contributed by atoms with van der Waals surface area (Å²) >= 11 is 3.60. The molecule has 0 aromatic heterocycles. The topological polar surface area (TPSA) is 24.5 Å². The van der Waals surface area contributed by atoms with E-state index in [9.17, 15) is 0 Å². The lowest BCUT2D eigenvalue weighted by Crippen LogP contribution is -2.48. The number of hydrogen-bond donors (Lipinski definition) is 1. The van der Waals surface area contributed by atoms with Crippen LogP contribution in [0.4, 0.5) is 5.69 Å². The monoisotopic (exact) mass is 340 g/mol. The van der Waals surface area contributed by atoms with Crippen LogP contribution in [0.2, 0.25) is 0 Å². The first-order chi connectivity index (χ1) is 9.47. The Morgan fingerprint density at radius 2 is 2.15 bits per heavy atom. The summed E-state index contributed by atoms with van der Waals surface area (Å²) in [6.07, 6.45) is 0.288. The molecule has 0 aliphatic carbocycles. The van der Waals surface area contributed by atoms with E-state index in [1.165, 1.54) is 11.3 Å². The van der Waals surface area contributed by atoms with E-state index in [2.05, 4.69) is 72.0 Å². The smallest absolute Gasteiger partial charge is 0.0723 e. The predicted octanol–water partition coefficient (Wildman–Crippen LogP) is 3.56. The van der Waals surface area contributed by atoms with E-state index in [1.54, 1.807) is 0 Å². The van der Waals surface area contributed by atoms with Crippen molar-refractivity contribution in [3.8, 4) is 0 Å². The second-order valence-corrected chi connectivity index (χ2v) is 6.87. The number of benzene rings is 1. The molecule has 0 amide bonds. The minimum Gasteiger partial charge on any atom is -0.375 e. The van der Waals surface area contributed by atoms with E-state index in [-0.39, 0.29) is 6.10 Å². The molecular formula is C16H25BrN2O. The minimum atomic E-state index is 0.288. The fourth-order valence-corrected chi connectivity index (χ4v) is 2.86. The van der Waals surface area contributed by atoms with Crippen molar-refractivity contribution in [2.45, 2.75) is 52.4 Å². The minimum absolute atomic E-state index is 0.288. The average Bonchev–Trinajstić information content (AvgIpc) is 2.40. The van der Waals surface area contributed by atoms with Crippen molar-refractivity contribution in [1.82, 2.24) is 5.32 Å². The number of anilines is 1. The number of hydrogen-bond acceptors (Lipinski definition) is 3. The maximum atomic E-state index is 5.74. The van der Waals surface area contributed by atoms with Gasteiger partial charge in [-0.1, -0.05) is 35.8 Å². The fraction of sp³-hybridized carbons (Fsp3) is 0.625. The summed E-state index contributed by atoms with van der Waals surface area (Å²) in [5.41, 5.74) is 2.66. The van der Waals surface area contributed by atoms with Gasteiger partial charge in [-0.3, -0.25) is 0 Å². The van der Waals surface area contributed by atoms with Crippen molar-refractivity contribution in [2.75, 3.05) is 18.1 Å². The van der Waals surface area contributed by atoms with Gasteiger partial charge < -0.3 is 15.0 Å². The van der Waals surface area contributed by atoms with Crippen LogP contribution in [0.5, 0.6) is 0 Å². The Balaban J connectivity index is 2.25. The lowest BCUT2D eigenvalue weighted by Gasteiger charge is -2.39. The van der Waals surface area contributed by atoms with Crippen LogP contribution in [0.25, 0.3) is 0 Å². The van der Waals surface area contributed by atoms with Crippen LogP contribution in [0.3, 0.4) is 0 Å². The molecule has 3 nitrogen and oxygen atoms in total. The molecule has 1 aromatic carbocycles. The fourth-order valence-electron chi connectivity index (χ4n) is 2.51. The first-order valence-electron chi connectivity index (χ1n) is 7.37. The Morgan fingerprint density at radius 3 is 2.85 bits per heavy atom. The third kappa shape index (κ3) is 3.96. The van der Waals surface area contributed by atoms with Gasteiger partial charge in [0.25, 0.3) is 0 Å². The molecule has 1 fully saturated rings. The average molecular weight is 341 g/mol. The Labute approximate surface area is 130 Å². The van der Waals surface area contributed by atoms with Crippen LogP contribution in [-0.2, 0) is 11.3 Å². The third-order valence-electron chi connectivity index (χ3n) is 3.67. The van der Waals surface area contributed by atoms with Gasteiger partial charge in [0.1, 0.15) is 0 Å². The van der Waals surface area contributed by atoms with Crippen LogP contribution in [0.15, 0.2) is 22.7 Å². The molecule has 2 rings (SSSR count). The molecule has 1 aromatic rings. The zero-order chi connectivity index (χ0) is 14.7. The molecule has 1 N–H and O–H groups in total. The van der Waals surface area contributed by atoms with Gasteiger partial charge in [0, 0.05) is 35.3 Å². The van der Waals surface area contributed by atoms with Gasteiger partial charge in [0.05, 0.1) is 12.7 Å². The largest absolute Gasteiger partial charge is 0.375 e. The van der Waals surface area contributed by atoms with E-state index in [0.717, 1.165) is 24.2 Å². The van der Waals surface area contributed by atoms with Crippen LogP contribution >= 0.6 is 15.9 Å². The van der Waals surface area contributed by atoms with Crippen molar-refractivity contribution in [3.63, 3.8) is 0 Å². The zero-order valence-electron chi connectivity index (χ0n) is 12.8. The second-order valence-electron chi connectivity index (χ2n) is 5.95. The van der Waals surface area contributed by atoms with Crippen molar-refractivity contribution in [3.05, 3.63) is 28.2 Å². The number of nitrogens with zero attached hydrogens (tertiary/aromatic N) is 1. The molecule has 20 heavy (non-hydrogen) atoms. The number of nitrogens with one attached hydrogen (secondary N) is 1. The van der Waals surface area contributed by atoms with Gasteiger partial charge in [-0.05, 0) is 31.5 Å². The molecule has 0 bridgehead atoms. The van der Waals surface area contributed by atoms with Crippen molar-refractivity contribution >= 4 is 21.6 Å². The van der Waals surface area contributed by atoms with Gasteiger partial charge in [0.2, 0.25) is 0 Å². The van der Waals surface area contributed by atoms with Crippen LogP contribution in [0, 0.1) is 0 Å². The third-order valence-corrected chi connectivity index (χ3v) is 4.16. The molecule has 4 heteroatoms. The van der Waals surface area contributed by atoms with Gasteiger partial charge >= 0.3 is 0 Å². The van der Waals surface area contributed by atoms with Crippen LogP contribution in [-0.4, -0.2) is 31.3 Å². The number of halogens is 1. The summed E-state index contributed by atoms with van der Waals surface area (Å²) in [6, 6.07) is 7.47. The molecule has 0 saturated carbocycles. The van der Waals surface area contributed by atoms with E-state index in [4.69, 9.17) is 4.74 Å². The molecule has 1 aliphatic rings. The zero-order valence-corrected chi connectivity index (χ0v) is 14.4. The Bertz CT molecular complexity index is 450. The van der Waals surface area contributed by atoms with Gasteiger partial charge in [-0.15, -0.1) is 0 Å². The first kappa shape index (κ1) is 15.8. The highest BCUT2D eigenvalue weighted by molar-refractivity contribution is 9.10. The van der Waals surface area contributed by atoms with Gasteiger partial charge in [-0.2, -0.15) is 0 Å². The number of rotatable bonds is 4. The van der Waals surface area contributed by atoms with E-state index in [0.29, 0.717) is 12.1 Å². The molecular weight excluding hydrogens is 316 g/mol. The SMILES string of the molecule is CC(C)NCc1ccc(Br)cc1N1CC(C)OCC1C. The summed E-state index contributed by atoms with van der Waals surface area (Å²) in [5, 5.41) is 3.51. The maximum absolute atomic E-state index is 5.74. The normalized spacial score (nSPS) is 23.4. The maximum Gasteiger partial charge on any atom is 0.0723 e. The number of morpholine rings is 1. The lowest BCUT2D eigenvalue weighted by molar-refractivity contribution is 0.0343. The second kappa shape index (κ2) is 6.92. The Hall–Kier alpha value is -0.580. The summed E-state index contributed by atoms with van der Waals surface area (Å²) in [7, 11) is 0. The molecule has 2 unspecified atom stereocenters. The van der Waals surface area contributed by atoms with Gasteiger partial charge in [-0.25, -0.2) is 0 Å². The lowest BCUT2D eigenvalue weighted by atomic mass is 10.1. The highest BCUT2D eigenvalue weighted by atomic mass is 79.9. The quantitative estimate of drug-likeness (QED) is 0.906. The van der Waals surface area contributed by atoms with Crippen molar-refractivity contribution < 1.29 is 4.74 Å². The summed E-state index contributed by atoms with van der Waals surface area (Å²) < 4.78 is 6.87. The number of ether oxygens (including phenoxy) is 1. The van der Waals surface area contributed by atoms with Crippen LogP contribution < -0.4 is 10.2 Å². The predicted molar refractivity (Wildman–Crippen MR) is 88.3 cm³/mol. The van der Waals surface area contributed by atoms with E-state index >= 15 is 0 Å². The molecule has 1 saturated heterocycles. The summed E-state index contributed by atoms with van der Waals surface area (Å²) in [4.78, 5) is 2.47. The summed E-state index contributed by atoms with van der Waals surface area (Å²) in [6.45, 7) is 11.4. The Kier molecular flexibility index (Phi) is 5.47. The highest BCUT2D eigenvalue weighted by Gasteiger charge is 2.25. The molecule has 0 radical (unpaired) electrons. The molecule has 1 heterocycles. The molecule has 1 aliphatic heterocycles. The molecule has 112 valence electrons. The standard InChI is InChI=1S/C16H25BrN2O/c1-11(2)18-8-14-5-6-15(17)7-16(14)19-9-13(4)20-10-12(19)3/h5-7,11-13,18H,8-10H2,1-4H3. The van der Waals surface area contributed by atoms with Gasteiger partial charge in [0.15, 0.2) is 0 Å². The van der Waals surface area contributed by atoms with Crippen molar-refractivity contribution in [2.24, 2.45) is 0 Å². The molecule has 0 spiro atoms.